The molecule has 0 bridgehead atoms. The Morgan fingerprint density at radius 2 is 1.47 bits per heavy atom. The van der Waals surface area contributed by atoms with Gasteiger partial charge in [-0.15, -0.1) is 0 Å². The molecule has 0 aromatic rings. The predicted octanol–water partition coefficient (Wildman–Crippen LogP) is 3.02. The minimum absolute atomic E-state index is 0.216. The molecule has 2 saturated heterocycles. The van der Waals surface area contributed by atoms with Gasteiger partial charge in [0.2, 0.25) is 0 Å². The molecule has 104 valence electrons. The Bertz CT molecular complexity index is 389. The molecule has 3 nitrogen and oxygen atoms in total. The SMILES string of the molecule is CC(OC(C)C1CCO1)C1CCO1.c1cc2cc-2c1. The Morgan fingerprint density at radius 1 is 1.00 bits per heavy atom. The monoisotopic (exact) mass is 262 g/mol. The minimum Gasteiger partial charge on any atom is -0.375 e. The Balaban J connectivity index is 0.000000151. The van der Waals surface area contributed by atoms with Gasteiger partial charge in [-0.3, -0.25) is 0 Å². The summed E-state index contributed by atoms with van der Waals surface area (Å²) in [6.45, 7) is 5.96. The molecule has 0 aromatic heterocycles. The second-order valence-corrected chi connectivity index (χ2v) is 5.52. The van der Waals surface area contributed by atoms with Crippen LogP contribution in [0, 0.1) is 0 Å². The third kappa shape index (κ3) is 3.16. The fourth-order valence-electron chi connectivity index (χ4n) is 2.44. The van der Waals surface area contributed by atoms with Gasteiger partial charge in [-0.05, 0) is 43.9 Å². The van der Waals surface area contributed by atoms with Gasteiger partial charge >= 0.3 is 0 Å². The molecule has 2 fully saturated rings. The highest BCUT2D eigenvalue weighted by Gasteiger charge is 2.31. The van der Waals surface area contributed by atoms with Crippen molar-refractivity contribution in [2.24, 2.45) is 0 Å². The summed E-state index contributed by atoms with van der Waals surface area (Å²) < 4.78 is 16.5. The van der Waals surface area contributed by atoms with E-state index >= 15 is 0 Å². The van der Waals surface area contributed by atoms with Crippen molar-refractivity contribution in [3.63, 3.8) is 0 Å². The van der Waals surface area contributed by atoms with Gasteiger partial charge in [0, 0.05) is 13.2 Å². The summed E-state index contributed by atoms with van der Waals surface area (Å²) in [5.74, 6) is 0. The molecule has 4 atom stereocenters. The number of benzene rings is 1. The lowest BCUT2D eigenvalue weighted by atomic mass is 10.1. The normalized spacial score (nSPS) is 29.2. The lowest BCUT2D eigenvalue weighted by Gasteiger charge is -2.37. The van der Waals surface area contributed by atoms with Crippen LogP contribution in [0.4, 0.5) is 0 Å². The summed E-state index contributed by atoms with van der Waals surface area (Å²) in [6, 6.07) is 8.48. The van der Waals surface area contributed by atoms with E-state index in [-0.39, 0.29) is 12.2 Å². The van der Waals surface area contributed by atoms with Crippen molar-refractivity contribution in [3.8, 4) is 11.1 Å². The molecule has 0 N–H and O–H groups in total. The van der Waals surface area contributed by atoms with Gasteiger partial charge in [0.05, 0.1) is 24.4 Å². The van der Waals surface area contributed by atoms with Crippen LogP contribution in [0.2, 0.25) is 0 Å². The maximum Gasteiger partial charge on any atom is 0.0856 e. The molecule has 2 aliphatic carbocycles. The second kappa shape index (κ2) is 5.61. The van der Waals surface area contributed by atoms with E-state index in [1.165, 1.54) is 11.1 Å². The highest BCUT2D eigenvalue weighted by Crippen LogP contribution is 2.32. The third-order valence-electron chi connectivity index (χ3n) is 4.06. The van der Waals surface area contributed by atoms with Crippen molar-refractivity contribution >= 4 is 0 Å². The fourth-order valence-corrected chi connectivity index (χ4v) is 2.44. The lowest BCUT2D eigenvalue weighted by Crippen LogP contribution is -2.45. The van der Waals surface area contributed by atoms with Gasteiger partial charge in [0.25, 0.3) is 0 Å². The molecule has 4 rings (SSSR count). The summed E-state index contributed by atoms with van der Waals surface area (Å²) in [7, 11) is 0. The number of fused-ring (bicyclic) bond motifs is 1. The first-order valence-corrected chi connectivity index (χ1v) is 7.23. The zero-order valence-corrected chi connectivity index (χ0v) is 11.7. The molecular formula is C16H22O3. The third-order valence-corrected chi connectivity index (χ3v) is 4.06. The summed E-state index contributed by atoms with van der Waals surface area (Å²) in [5, 5.41) is 0. The highest BCUT2D eigenvalue weighted by atomic mass is 16.6. The molecular weight excluding hydrogens is 240 g/mol. The molecule has 0 radical (unpaired) electrons. The van der Waals surface area contributed by atoms with E-state index in [0.717, 1.165) is 26.1 Å². The molecule has 0 spiro atoms. The van der Waals surface area contributed by atoms with E-state index in [1.54, 1.807) is 0 Å². The van der Waals surface area contributed by atoms with Crippen molar-refractivity contribution in [2.45, 2.75) is 51.1 Å². The summed E-state index contributed by atoms with van der Waals surface area (Å²) >= 11 is 0. The van der Waals surface area contributed by atoms with Crippen LogP contribution in [0.25, 0.3) is 11.1 Å². The number of hydrogen-bond acceptors (Lipinski definition) is 3. The first-order chi connectivity index (χ1) is 9.24. The van der Waals surface area contributed by atoms with Crippen LogP contribution in [-0.4, -0.2) is 37.6 Å². The van der Waals surface area contributed by atoms with Gasteiger partial charge in [-0.2, -0.15) is 0 Å². The molecule has 2 aliphatic heterocycles. The number of rotatable bonds is 4. The maximum absolute atomic E-state index is 5.81. The Hall–Kier alpha value is -0.900. The van der Waals surface area contributed by atoms with E-state index in [4.69, 9.17) is 14.2 Å². The maximum atomic E-state index is 5.81. The topological polar surface area (TPSA) is 27.7 Å². The van der Waals surface area contributed by atoms with E-state index in [0.29, 0.717) is 12.2 Å². The quantitative estimate of drug-likeness (QED) is 0.847. The first-order valence-electron chi connectivity index (χ1n) is 7.23. The molecule has 0 aromatic carbocycles. The average molecular weight is 262 g/mol. The lowest BCUT2D eigenvalue weighted by molar-refractivity contribution is -0.189. The Labute approximate surface area is 114 Å². The van der Waals surface area contributed by atoms with Gasteiger partial charge in [0.15, 0.2) is 0 Å². The van der Waals surface area contributed by atoms with E-state index in [2.05, 4.69) is 38.1 Å². The van der Waals surface area contributed by atoms with Gasteiger partial charge in [0.1, 0.15) is 0 Å². The van der Waals surface area contributed by atoms with Crippen LogP contribution in [-0.2, 0) is 14.2 Å². The standard InChI is InChI=1S/C10H18O3.C6H4/c1-7(9-3-5-11-9)13-8(2)10-4-6-12-10;1-2-5-4-6(5)3-1/h7-10H,3-6H2,1-2H3;1-4H. The van der Waals surface area contributed by atoms with Crippen molar-refractivity contribution in [3.05, 3.63) is 24.3 Å². The first kappa shape index (κ1) is 13.1. The van der Waals surface area contributed by atoms with E-state index in [1.807, 2.05) is 0 Å². The van der Waals surface area contributed by atoms with Crippen LogP contribution >= 0.6 is 0 Å². The average Bonchev–Trinajstić information content (AvgIpc) is 2.81. The van der Waals surface area contributed by atoms with Crippen LogP contribution in [0.3, 0.4) is 0 Å². The molecule has 2 heterocycles. The van der Waals surface area contributed by atoms with E-state index < -0.39 is 0 Å². The zero-order chi connectivity index (χ0) is 13.2. The largest absolute Gasteiger partial charge is 0.375 e. The van der Waals surface area contributed by atoms with Crippen molar-refractivity contribution in [1.29, 1.82) is 0 Å². The smallest absolute Gasteiger partial charge is 0.0856 e. The zero-order valence-electron chi connectivity index (χ0n) is 11.7. The highest BCUT2D eigenvalue weighted by molar-refractivity contribution is 5.80. The molecule has 4 aliphatic rings. The molecule has 19 heavy (non-hydrogen) atoms. The Morgan fingerprint density at radius 3 is 1.68 bits per heavy atom. The van der Waals surface area contributed by atoms with Gasteiger partial charge in [-0.25, -0.2) is 0 Å². The van der Waals surface area contributed by atoms with Crippen LogP contribution in [0.1, 0.15) is 26.7 Å². The molecule has 0 amide bonds. The van der Waals surface area contributed by atoms with E-state index in [9.17, 15) is 0 Å². The van der Waals surface area contributed by atoms with Crippen LogP contribution < -0.4 is 0 Å². The summed E-state index contributed by atoms with van der Waals surface area (Å²) in [6.07, 6.45) is 3.35. The van der Waals surface area contributed by atoms with Gasteiger partial charge < -0.3 is 14.2 Å². The number of ether oxygens (including phenoxy) is 3. The van der Waals surface area contributed by atoms with Crippen molar-refractivity contribution in [2.75, 3.05) is 13.2 Å². The van der Waals surface area contributed by atoms with Crippen LogP contribution in [0.5, 0.6) is 0 Å². The molecule has 4 unspecified atom stereocenters. The van der Waals surface area contributed by atoms with Gasteiger partial charge in [-0.1, -0.05) is 18.2 Å². The van der Waals surface area contributed by atoms with Crippen molar-refractivity contribution < 1.29 is 14.2 Å². The predicted molar refractivity (Wildman–Crippen MR) is 74.2 cm³/mol. The molecule has 3 heteroatoms. The Kier molecular flexibility index (Phi) is 3.87. The minimum atomic E-state index is 0.216. The molecule has 0 saturated carbocycles. The second-order valence-electron chi connectivity index (χ2n) is 5.52. The number of hydrogen-bond donors (Lipinski definition) is 0. The summed E-state index contributed by atoms with van der Waals surface area (Å²) in [5.41, 5.74) is 2.85. The van der Waals surface area contributed by atoms with Crippen LogP contribution in [0.15, 0.2) is 24.3 Å². The van der Waals surface area contributed by atoms with Crippen molar-refractivity contribution in [1.82, 2.24) is 0 Å². The summed E-state index contributed by atoms with van der Waals surface area (Å²) in [4.78, 5) is 0. The fraction of sp³-hybridized carbons (Fsp3) is 0.625.